The molecule has 0 amide bonds. The maximum Gasteiger partial charge on any atom is 0.0610 e. The molecule has 19 heavy (non-hydrogen) atoms. The van der Waals surface area contributed by atoms with Gasteiger partial charge in [0.1, 0.15) is 0 Å². The predicted molar refractivity (Wildman–Crippen MR) is 82.5 cm³/mol. The Morgan fingerprint density at radius 3 is 2.37 bits per heavy atom. The molecule has 1 unspecified atom stereocenters. The van der Waals surface area contributed by atoms with Gasteiger partial charge >= 0.3 is 0 Å². The summed E-state index contributed by atoms with van der Waals surface area (Å²) >= 11 is 0. The number of hydrogen-bond acceptors (Lipinski definition) is 3. The minimum Gasteiger partial charge on any atom is -0.394 e. The van der Waals surface area contributed by atoms with E-state index in [9.17, 15) is 5.11 Å². The maximum atomic E-state index is 9.56. The number of aliphatic hydroxyl groups excluding tert-OH is 1. The lowest BCUT2D eigenvalue weighted by Crippen LogP contribution is -2.47. The Bertz CT molecular complexity index is 231. The lowest BCUT2D eigenvalue weighted by atomic mass is 9.95. The van der Waals surface area contributed by atoms with Gasteiger partial charge in [-0.15, -0.1) is 0 Å². The molecule has 0 aromatic rings. The SMILES string of the molecule is CCCCN(CC)CCCCC(C)(CO)NC1CC1. The molecule has 0 saturated heterocycles. The molecule has 114 valence electrons. The minimum atomic E-state index is -0.0539. The molecular weight excluding hydrogens is 236 g/mol. The monoisotopic (exact) mass is 270 g/mol. The van der Waals surface area contributed by atoms with Gasteiger partial charge in [0.05, 0.1) is 6.61 Å². The Labute approximate surface area is 119 Å². The second-order valence-electron chi connectivity index (χ2n) is 6.38. The second kappa shape index (κ2) is 8.93. The molecule has 1 atom stereocenters. The third-order valence-electron chi connectivity index (χ3n) is 4.21. The van der Waals surface area contributed by atoms with Crippen molar-refractivity contribution in [2.45, 2.75) is 77.3 Å². The summed E-state index contributed by atoms with van der Waals surface area (Å²) < 4.78 is 0. The van der Waals surface area contributed by atoms with Gasteiger partial charge in [-0.3, -0.25) is 0 Å². The first-order valence-corrected chi connectivity index (χ1v) is 8.24. The van der Waals surface area contributed by atoms with Crippen molar-refractivity contribution >= 4 is 0 Å². The quantitative estimate of drug-likeness (QED) is 0.535. The normalized spacial score (nSPS) is 18.8. The van der Waals surface area contributed by atoms with Crippen LogP contribution in [0.5, 0.6) is 0 Å². The summed E-state index contributed by atoms with van der Waals surface area (Å²) in [6, 6.07) is 0.675. The van der Waals surface area contributed by atoms with Gasteiger partial charge in [0.15, 0.2) is 0 Å². The average Bonchev–Trinajstić information content (AvgIpc) is 3.22. The zero-order valence-corrected chi connectivity index (χ0v) is 13.2. The smallest absolute Gasteiger partial charge is 0.0610 e. The van der Waals surface area contributed by atoms with Gasteiger partial charge in [-0.2, -0.15) is 0 Å². The van der Waals surface area contributed by atoms with Crippen LogP contribution in [0.2, 0.25) is 0 Å². The molecule has 3 nitrogen and oxygen atoms in total. The van der Waals surface area contributed by atoms with Gasteiger partial charge in [-0.1, -0.05) is 26.7 Å². The Morgan fingerprint density at radius 1 is 1.16 bits per heavy atom. The summed E-state index contributed by atoms with van der Waals surface area (Å²) in [6.07, 6.45) is 8.71. The van der Waals surface area contributed by atoms with E-state index < -0.39 is 0 Å². The summed E-state index contributed by atoms with van der Waals surface area (Å²) in [6.45, 7) is 10.5. The predicted octanol–water partition coefficient (Wildman–Crippen LogP) is 2.78. The van der Waals surface area contributed by atoms with Crippen LogP contribution < -0.4 is 5.32 Å². The highest BCUT2D eigenvalue weighted by Gasteiger charge is 2.31. The van der Waals surface area contributed by atoms with Crippen molar-refractivity contribution in [2.75, 3.05) is 26.2 Å². The van der Waals surface area contributed by atoms with Crippen molar-refractivity contribution < 1.29 is 5.11 Å². The minimum absolute atomic E-state index is 0.0539. The first kappa shape index (κ1) is 16.9. The van der Waals surface area contributed by atoms with Crippen LogP contribution in [0.3, 0.4) is 0 Å². The second-order valence-corrected chi connectivity index (χ2v) is 6.38. The molecule has 0 radical (unpaired) electrons. The highest BCUT2D eigenvalue weighted by Crippen LogP contribution is 2.24. The molecule has 2 N–H and O–H groups in total. The molecule has 1 aliphatic carbocycles. The summed E-state index contributed by atoms with van der Waals surface area (Å²) in [4.78, 5) is 2.55. The number of hydrogen-bond donors (Lipinski definition) is 2. The number of unbranched alkanes of at least 4 members (excludes halogenated alkanes) is 2. The van der Waals surface area contributed by atoms with E-state index in [-0.39, 0.29) is 12.1 Å². The van der Waals surface area contributed by atoms with Crippen LogP contribution in [0.15, 0.2) is 0 Å². The highest BCUT2D eigenvalue weighted by atomic mass is 16.3. The topological polar surface area (TPSA) is 35.5 Å². The van der Waals surface area contributed by atoms with Gasteiger partial charge in [0.2, 0.25) is 0 Å². The molecule has 0 aliphatic heterocycles. The molecule has 1 fully saturated rings. The van der Waals surface area contributed by atoms with E-state index >= 15 is 0 Å². The lowest BCUT2D eigenvalue weighted by molar-refractivity contribution is 0.159. The van der Waals surface area contributed by atoms with Gasteiger partial charge < -0.3 is 15.3 Å². The van der Waals surface area contributed by atoms with Gasteiger partial charge in [0.25, 0.3) is 0 Å². The molecule has 1 rings (SSSR count). The van der Waals surface area contributed by atoms with E-state index in [4.69, 9.17) is 0 Å². The Hall–Kier alpha value is -0.120. The Morgan fingerprint density at radius 2 is 1.84 bits per heavy atom. The molecule has 0 spiro atoms. The molecule has 0 aromatic heterocycles. The molecule has 0 bridgehead atoms. The fourth-order valence-electron chi connectivity index (χ4n) is 2.58. The van der Waals surface area contributed by atoms with Crippen LogP contribution in [0.25, 0.3) is 0 Å². The first-order valence-electron chi connectivity index (χ1n) is 8.24. The third kappa shape index (κ3) is 7.28. The van der Waals surface area contributed by atoms with E-state index in [2.05, 4.69) is 31.0 Å². The van der Waals surface area contributed by atoms with Crippen LogP contribution in [-0.4, -0.2) is 47.8 Å². The molecule has 0 heterocycles. The van der Waals surface area contributed by atoms with Crippen LogP contribution in [-0.2, 0) is 0 Å². The number of nitrogens with one attached hydrogen (secondary N) is 1. The fraction of sp³-hybridized carbons (Fsp3) is 1.00. The standard InChI is InChI=1S/C16H34N2O/c1-4-6-12-18(5-2)13-8-7-11-16(3,14-19)17-15-9-10-15/h15,17,19H,4-14H2,1-3H3. The van der Waals surface area contributed by atoms with Crippen molar-refractivity contribution in [3.05, 3.63) is 0 Å². The van der Waals surface area contributed by atoms with Crippen molar-refractivity contribution in [3.8, 4) is 0 Å². The maximum absolute atomic E-state index is 9.56. The summed E-state index contributed by atoms with van der Waals surface area (Å²) in [5, 5.41) is 13.1. The van der Waals surface area contributed by atoms with E-state index in [0.29, 0.717) is 6.04 Å². The van der Waals surface area contributed by atoms with Crippen molar-refractivity contribution in [1.82, 2.24) is 10.2 Å². The van der Waals surface area contributed by atoms with E-state index in [1.807, 2.05) is 0 Å². The molecule has 1 saturated carbocycles. The van der Waals surface area contributed by atoms with Crippen molar-refractivity contribution in [2.24, 2.45) is 0 Å². The third-order valence-corrected chi connectivity index (χ3v) is 4.21. The largest absolute Gasteiger partial charge is 0.394 e. The molecule has 0 aromatic carbocycles. The number of rotatable bonds is 12. The van der Waals surface area contributed by atoms with Gasteiger partial charge in [-0.25, -0.2) is 0 Å². The Balaban J connectivity index is 2.12. The summed E-state index contributed by atoms with van der Waals surface area (Å²) in [5.74, 6) is 0. The summed E-state index contributed by atoms with van der Waals surface area (Å²) in [5.41, 5.74) is -0.0539. The van der Waals surface area contributed by atoms with Gasteiger partial charge in [0, 0.05) is 11.6 Å². The van der Waals surface area contributed by atoms with Gasteiger partial charge in [-0.05, 0) is 58.7 Å². The van der Waals surface area contributed by atoms with Crippen LogP contribution in [0.1, 0.15) is 65.7 Å². The zero-order valence-electron chi connectivity index (χ0n) is 13.2. The summed E-state index contributed by atoms with van der Waals surface area (Å²) in [7, 11) is 0. The van der Waals surface area contributed by atoms with E-state index in [1.54, 1.807) is 0 Å². The molecule has 1 aliphatic rings. The lowest BCUT2D eigenvalue weighted by Gasteiger charge is -2.29. The number of nitrogens with zero attached hydrogens (tertiary/aromatic N) is 1. The highest BCUT2D eigenvalue weighted by molar-refractivity contribution is 4.92. The van der Waals surface area contributed by atoms with Crippen molar-refractivity contribution in [1.29, 1.82) is 0 Å². The fourth-order valence-corrected chi connectivity index (χ4v) is 2.58. The van der Waals surface area contributed by atoms with Crippen LogP contribution in [0.4, 0.5) is 0 Å². The van der Waals surface area contributed by atoms with E-state index in [1.165, 1.54) is 51.6 Å². The van der Waals surface area contributed by atoms with Crippen molar-refractivity contribution in [3.63, 3.8) is 0 Å². The van der Waals surface area contributed by atoms with E-state index in [0.717, 1.165) is 13.0 Å². The number of aliphatic hydroxyl groups is 1. The average molecular weight is 270 g/mol. The van der Waals surface area contributed by atoms with Crippen LogP contribution >= 0.6 is 0 Å². The zero-order chi connectivity index (χ0) is 14.1. The van der Waals surface area contributed by atoms with Crippen LogP contribution in [0, 0.1) is 0 Å². The first-order chi connectivity index (χ1) is 9.13. The molecule has 3 heteroatoms. The molecular formula is C16H34N2O. The Kier molecular flexibility index (Phi) is 7.96.